The predicted molar refractivity (Wildman–Crippen MR) is 105 cm³/mol. The molecule has 0 saturated heterocycles. The molecule has 122 valence electrons. The van der Waals surface area contributed by atoms with Crippen molar-refractivity contribution in [1.29, 1.82) is 0 Å². The zero-order chi connectivity index (χ0) is 17.1. The van der Waals surface area contributed by atoms with Gasteiger partial charge in [0.2, 0.25) is 5.91 Å². The van der Waals surface area contributed by atoms with Gasteiger partial charge in [-0.3, -0.25) is 4.79 Å². The first-order valence-corrected chi connectivity index (χ1v) is 8.93. The number of anilines is 1. The van der Waals surface area contributed by atoms with E-state index in [1.165, 1.54) is 0 Å². The van der Waals surface area contributed by atoms with Gasteiger partial charge in [-0.1, -0.05) is 30.7 Å². The highest BCUT2D eigenvalue weighted by Crippen LogP contribution is 2.35. The maximum absolute atomic E-state index is 11.3. The lowest BCUT2D eigenvalue weighted by molar-refractivity contribution is -0.119. The van der Waals surface area contributed by atoms with Crippen LogP contribution < -0.4 is 10.6 Å². The molecule has 0 saturated carbocycles. The number of nitrogens with one attached hydrogen (secondary N) is 2. The van der Waals surface area contributed by atoms with Gasteiger partial charge < -0.3 is 10.6 Å². The molecule has 0 spiro atoms. The summed E-state index contributed by atoms with van der Waals surface area (Å²) in [7, 11) is 0. The molecule has 0 fully saturated rings. The number of hydrogen-bond donors (Lipinski definition) is 2. The van der Waals surface area contributed by atoms with Crippen molar-refractivity contribution < 1.29 is 4.79 Å². The lowest BCUT2D eigenvalue weighted by atomic mass is 10.2. The van der Waals surface area contributed by atoms with Crippen molar-refractivity contribution in [1.82, 2.24) is 10.3 Å². The van der Waals surface area contributed by atoms with Crippen LogP contribution in [0.3, 0.4) is 0 Å². The minimum absolute atomic E-state index is 0.135. The molecule has 0 radical (unpaired) electrons. The van der Waals surface area contributed by atoms with E-state index in [4.69, 9.17) is 23.8 Å². The number of carbonyl (C=O) groups excluding carboxylic acids is 1. The monoisotopic (exact) mass is 375 g/mol. The normalized spacial score (nSPS) is 10.6. The Morgan fingerprint density at radius 3 is 2.79 bits per heavy atom. The van der Waals surface area contributed by atoms with E-state index in [1.54, 1.807) is 24.3 Å². The first kappa shape index (κ1) is 16.8. The van der Waals surface area contributed by atoms with Crippen LogP contribution in [0, 0.1) is 0 Å². The largest absolute Gasteiger partial charge is 0.332 e. The second kappa shape index (κ2) is 7.25. The molecule has 7 heteroatoms. The van der Waals surface area contributed by atoms with Crippen molar-refractivity contribution in [3.8, 4) is 10.6 Å². The summed E-state index contributed by atoms with van der Waals surface area (Å²) in [6, 6.07) is 13.5. The van der Waals surface area contributed by atoms with Crippen molar-refractivity contribution in [3.63, 3.8) is 0 Å². The standard InChI is InChI=1S/C17H14ClN3OS2/c1-2-15(22)21-17(23)19-10-7-8-11(12(18)9-10)16-20-13-5-3-4-6-14(13)24-16/h3-9H,2H2,1H3,(H2,19,21,22,23). The average molecular weight is 376 g/mol. The third kappa shape index (κ3) is 3.72. The minimum atomic E-state index is -0.135. The van der Waals surface area contributed by atoms with Gasteiger partial charge in [0.25, 0.3) is 0 Å². The Bertz CT molecular complexity index is 890. The summed E-state index contributed by atoms with van der Waals surface area (Å²) in [5.74, 6) is -0.135. The van der Waals surface area contributed by atoms with E-state index in [9.17, 15) is 4.79 Å². The molecule has 1 amide bonds. The number of amides is 1. The van der Waals surface area contributed by atoms with Gasteiger partial charge in [-0.05, 0) is 42.5 Å². The molecule has 0 atom stereocenters. The van der Waals surface area contributed by atoms with Crippen LogP contribution in [0.15, 0.2) is 42.5 Å². The molecular weight excluding hydrogens is 362 g/mol. The molecule has 4 nitrogen and oxygen atoms in total. The van der Waals surface area contributed by atoms with E-state index in [0.717, 1.165) is 20.8 Å². The molecule has 1 aromatic heterocycles. The van der Waals surface area contributed by atoms with Crippen LogP contribution in [0.4, 0.5) is 5.69 Å². The van der Waals surface area contributed by atoms with Crippen LogP contribution in [-0.4, -0.2) is 16.0 Å². The topological polar surface area (TPSA) is 54.0 Å². The second-order valence-corrected chi connectivity index (χ2v) is 6.88. The number of halogens is 1. The van der Waals surface area contributed by atoms with Gasteiger partial charge in [0.1, 0.15) is 5.01 Å². The van der Waals surface area contributed by atoms with Crippen molar-refractivity contribution in [2.45, 2.75) is 13.3 Å². The van der Waals surface area contributed by atoms with Crippen molar-refractivity contribution in [3.05, 3.63) is 47.5 Å². The number of para-hydroxylation sites is 1. The van der Waals surface area contributed by atoms with Gasteiger partial charge in [0.15, 0.2) is 5.11 Å². The van der Waals surface area contributed by atoms with Gasteiger partial charge in [-0.2, -0.15) is 0 Å². The molecular formula is C17H14ClN3OS2. The number of nitrogens with zero attached hydrogens (tertiary/aromatic N) is 1. The van der Waals surface area contributed by atoms with E-state index in [1.807, 2.05) is 36.4 Å². The maximum atomic E-state index is 11.3. The summed E-state index contributed by atoms with van der Waals surface area (Å²) in [6.45, 7) is 1.77. The highest BCUT2D eigenvalue weighted by molar-refractivity contribution is 7.80. The summed E-state index contributed by atoms with van der Waals surface area (Å²) in [5.41, 5.74) is 2.54. The first-order valence-electron chi connectivity index (χ1n) is 7.33. The predicted octanol–water partition coefficient (Wildman–Crippen LogP) is 4.84. The Balaban J connectivity index is 1.82. The number of benzene rings is 2. The van der Waals surface area contributed by atoms with Gasteiger partial charge >= 0.3 is 0 Å². The van der Waals surface area contributed by atoms with E-state index >= 15 is 0 Å². The number of hydrogen-bond acceptors (Lipinski definition) is 4. The van der Waals surface area contributed by atoms with Crippen LogP contribution in [0.5, 0.6) is 0 Å². The SMILES string of the molecule is CCC(=O)NC(=S)Nc1ccc(-c2nc3ccccc3s2)c(Cl)c1. The third-order valence-electron chi connectivity index (χ3n) is 3.33. The maximum Gasteiger partial charge on any atom is 0.225 e. The third-order valence-corrected chi connectivity index (χ3v) is 4.91. The van der Waals surface area contributed by atoms with Crippen LogP contribution in [0.1, 0.15) is 13.3 Å². The lowest BCUT2D eigenvalue weighted by Crippen LogP contribution is -2.33. The number of aromatic nitrogens is 1. The average Bonchev–Trinajstić information content (AvgIpc) is 2.98. The Morgan fingerprint density at radius 1 is 1.29 bits per heavy atom. The smallest absolute Gasteiger partial charge is 0.225 e. The van der Waals surface area contributed by atoms with Crippen molar-refractivity contribution in [2.75, 3.05) is 5.32 Å². The molecule has 0 aliphatic heterocycles. The molecule has 2 aromatic carbocycles. The molecule has 0 aliphatic rings. The summed E-state index contributed by atoms with van der Waals surface area (Å²) in [4.78, 5) is 15.9. The zero-order valence-corrected chi connectivity index (χ0v) is 15.2. The van der Waals surface area contributed by atoms with Gasteiger partial charge in [0.05, 0.1) is 15.2 Å². The molecule has 3 aromatic rings. The lowest BCUT2D eigenvalue weighted by Gasteiger charge is -2.10. The Hall–Kier alpha value is -2.02. The highest BCUT2D eigenvalue weighted by atomic mass is 35.5. The number of rotatable bonds is 3. The van der Waals surface area contributed by atoms with E-state index in [-0.39, 0.29) is 11.0 Å². The summed E-state index contributed by atoms with van der Waals surface area (Å²) >= 11 is 13.1. The zero-order valence-electron chi connectivity index (χ0n) is 12.8. The van der Waals surface area contributed by atoms with E-state index in [2.05, 4.69) is 15.6 Å². The Morgan fingerprint density at radius 2 is 2.08 bits per heavy atom. The molecule has 0 aliphatic carbocycles. The number of thiazole rings is 1. The van der Waals surface area contributed by atoms with Crippen LogP contribution in [-0.2, 0) is 4.79 Å². The molecule has 2 N–H and O–H groups in total. The Kier molecular flexibility index (Phi) is 5.08. The fraction of sp³-hybridized carbons (Fsp3) is 0.118. The van der Waals surface area contributed by atoms with E-state index < -0.39 is 0 Å². The van der Waals surface area contributed by atoms with Crippen molar-refractivity contribution >= 4 is 62.1 Å². The van der Waals surface area contributed by atoms with Crippen LogP contribution in [0.25, 0.3) is 20.8 Å². The van der Waals surface area contributed by atoms with Crippen molar-refractivity contribution in [2.24, 2.45) is 0 Å². The van der Waals surface area contributed by atoms with Gasteiger partial charge in [-0.25, -0.2) is 4.98 Å². The fourth-order valence-electron chi connectivity index (χ4n) is 2.13. The molecule has 3 rings (SSSR count). The van der Waals surface area contributed by atoms with Crippen LogP contribution >= 0.6 is 35.2 Å². The molecule has 24 heavy (non-hydrogen) atoms. The summed E-state index contributed by atoms with van der Waals surface area (Å²) in [5, 5.41) is 7.24. The Labute approximate surface area is 153 Å². The number of carbonyl (C=O) groups is 1. The number of fused-ring (bicyclic) bond motifs is 1. The minimum Gasteiger partial charge on any atom is -0.332 e. The fourth-order valence-corrected chi connectivity index (χ4v) is 3.69. The van der Waals surface area contributed by atoms with Gasteiger partial charge in [0, 0.05) is 17.7 Å². The first-order chi connectivity index (χ1) is 11.6. The van der Waals surface area contributed by atoms with Crippen LogP contribution in [0.2, 0.25) is 5.02 Å². The highest BCUT2D eigenvalue weighted by Gasteiger charge is 2.11. The summed E-state index contributed by atoms with van der Waals surface area (Å²) < 4.78 is 1.12. The molecule has 0 unspecified atom stereocenters. The molecule has 0 bridgehead atoms. The quantitative estimate of drug-likeness (QED) is 0.643. The summed E-state index contributed by atoms with van der Waals surface area (Å²) in [6.07, 6.45) is 0.374. The van der Waals surface area contributed by atoms with E-state index in [0.29, 0.717) is 17.1 Å². The second-order valence-electron chi connectivity index (χ2n) is 5.04. The number of thiocarbonyl (C=S) groups is 1. The molecule has 1 heterocycles. The van der Waals surface area contributed by atoms with Gasteiger partial charge in [-0.15, -0.1) is 11.3 Å².